The summed E-state index contributed by atoms with van der Waals surface area (Å²) in [5, 5.41) is 9.48. The lowest BCUT2D eigenvalue weighted by atomic mass is 9.81. The first-order chi connectivity index (χ1) is 16.2. The van der Waals surface area contributed by atoms with Crippen molar-refractivity contribution in [3.05, 3.63) is 82.9 Å². The lowest BCUT2D eigenvalue weighted by Gasteiger charge is -2.24. The highest BCUT2D eigenvalue weighted by atomic mass is 16.5. The Morgan fingerprint density at radius 2 is 1.85 bits per heavy atom. The number of methoxy groups -OCH3 is 1. The van der Waals surface area contributed by atoms with Gasteiger partial charge in [0.25, 0.3) is 0 Å². The molecule has 3 aromatic rings. The van der Waals surface area contributed by atoms with Crippen molar-refractivity contribution < 1.29 is 19.4 Å². The predicted molar refractivity (Wildman–Crippen MR) is 136 cm³/mol. The van der Waals surface area contributed by atoms with Crippen LogP contribution >= 0.6 is 0 Å². The maximum absolute atomic E-state index is 11.5. The van der Waals surface area contributed by atoms with Crippen molar-refractivity contribution in [2.75, 3.05) is 7.11 Å². The molecule has 0 radical (unpaired) electrons. The zero-order valence-electron chi connectivity index (χ0n) is 20.7. The maximum Gasteiger partial charge on any atom is 0.306 e. The molecule has 0 aromatic heterocycles. The summed E-state index contributed by atoms with van der Waals surface area (Å²) in [6.07, 6.45) is 1.81. The number of carbonyl (C=O) groups is 1. The lowest BCUT2D eigenvalue weighted by molar-refractivity contribution is -0.141. The van der Waals surface area contributed by atoms with E-state index in [1.54, 1.807) is 14.0 Å². The fraction of sp³-hybridized carbons (Fsp3) is 0.367. The molecule has 0 aliphatic heterocycles. The Bertz CT molecular complexity index is 1190. The molecular weight excluding hydrogens is 424 g/mol. The molecule has 3 aromatic carbocycles. The molecule has 4 rings (SSSR count). The van der Waals surface area contributed by atoms with E-state index in [-0.39, 0.29) is 11.3 Å². The minimum atomic E-state index is -0.741. The van der Waals surface area contributed by atoms with Crippen LogP contribution in [0.5, 0.6) is 11.5 Å². The summed E-state index contributed by atoms with van der Waals surface area (Å²) in [6.45, 7) is 8.93. The molecule has 178 valence electrons. The molecule has 0 saturated heterocycles. The second-order valence-electron chi connectivity index (χ2n) is 10.3. The van der Waals surface area contributed by atoms with Gasteiger partial charge in [0.15, 0.2) is 0 Å². The topological polar surface area (TPSA) is 55.8 Å². The summed E-state index contributed by atoms with van der Waals surface area (Å²) >= 11 is 0. The van der Waals surface area contributed by atoms with Crippen molar-refractivity contribution in [2.45, 2.75) is 58.5 Å². The van der Waals surface area contributed by atoms with Crippen LogP contribution in [-0.2, 0) is 23.2 Å². The molecule has 34 heavy (non-hydrogen) atoms. The first-order valence-corrected chi connectivity index (χ1v) is 11.9. The van der Waals surface area contributed by atoms with Gasteiger partial charge < -0.3 is 14.6 Å². The Balaban J connectivity index is 1.57. The number of hydrogen-bond donors (Lipinski definition) is 1. The summed E-state index contributed by atoms with van der Waals surface area (Å²) in [5.74, 6) is 0.546. The highest BCUT2D eigenvalue weighted by molar-refractivity contribution is 5.72. The normalized spacial score (nSPS) is 16.1. The quantitative estimate of drug-likeness (QED) is 0.415. The molecule has 1 aliphatic rings. The van der Waals surface area contributed by atoms with E-state index < -0.39 is 11.9 Å². The summed E-state index contributed by atoms with van der Waals surface area (Å²) in [5.41, 5.74) is 7.01. The summed E-state index contributed by atoms with van der Waals surface area (Å²) in [6, 6.07) is 20.8. The molecule has 0 amide bonds. The van der Waals surface area contributed by atoms with Gasteiger partial charge in [-0.1, -0.05) is 64.1 Å². The molecule has 0 spiro atoms. The Morgan fingerprint density at radius 1 is 1.06 bits per heavy atom. The molecular formula is C30H34O4. The predicted octanol–water partition coefficient (Wildman–Crippen LogP) is 6.99. The molecule has 0 heterocycles. The third kappa shape index (κ3) is 4.96. The maximum atomic E-state index is 11.5. The smallest absolute Gasteiger partial charge is 0.306 e. The molecule has 0 bridgehead atoms. The van der Waals surface area contributed by atoms with E-state index in [1.807, 2.05) is 24.3 Å². The molecule has 4 heteroatoms. The number of carboxylic acid groups (broad SMARTS) is 1. The Morgan fingerprint density at radius 3 is 2.56 bits per heavy atom. The Labute approximate surface area is 202 Å². The van der Waals surface area contributed by atoms with Crippen LogP contribution in [-0.4, -0.2) is 18.2 Å². The highest BCUT2D eigenvalue weighted by Gasteiger charge is 2.31. The van der Waals surface area contributed by atoms with E-state index >= 15 is 0 Å². The van der Waals surface area contributed by atoms with Crippen LogP contribution in [0.25, 0.3) is 11.1 Å². The van der Waals surface area contributed by atoms with Crippen LogP contribution < -0.4 is 9.47 Å². The summed E-state index contributed by atoms with van der Waals surface area (Å²) < 4.78 is 11.6. The fourth-order valence-electron chi connectivity index (χ4n) is 4.90. The number of benzene rings is 3. The molecule has 0 fully saturated rings. The lowest BCUT2D eigenvalue weighted by Crippen LogP contribution is -2.17. The molecule has 1 N–H and O–H groups in total. The minimum Gasteiger partial charge on any atom is -0.497 e. The van der Waals surface area contributed by atoms with E-state index in [0.717, 1.165) is 41.0 Å². The van der Waals surface area contributed by atoms with Crippen molar-refractivity contribution >= 4 is 5.97 Å². The first kappa shape index (κ1) is 23.9. The van der Waals surface area contributed by atoms with Crippen molar-refractivity contribution in [3.8, 4) is 22.6 Å². The van der Waals surface area contributed by atoms with Gasteiger partial charge in [0.2, 0.25) is 0 Å². The van der Waals surface area contributed by atoms with Gasteiger partial charge in [-0.25, -0.2) is 0 Å². The molecule has 1 aliphatic carbocycles. The van der Waals surface area contributed by atoms with Crippen molar-refractivity contribution in [3.63, 3.8) is 0 Å². The van der Waals surface area contributed by atoms with Gasteiger partial charge in [0, 0.05) is 0 Å². The summed E-state index contributed by atoms with van der Waals surface area (Å²) in [7, 11) is 1.69. The number of carboxylic acids is 1. The van der Waals surface area contributed by atoms with Crippen LogP contribution in [0.3, 0.4) is 0 Å². The number of ether oxygens (including phenoxy) is 2. The second-order valence-corrected chi connectivity index (χ2v) is 10.3. The van der Waals surface area contributed by atoms with E-state index in [4.69, 9.17) is 9.47 Å². The SMILES string of the molecule is COc1cccc(-c2ccc(COc3ccc4c(c3)[C@H]([C@H](C)C(=O)O)CC4)cc2C(C)(C)C)c1. The third-order valence-electron chi connectivity index (χ3n) is 6.91. The number of fused-ring (bicyclic) bond motifs is 1. The number of hydrogen-bond acceptors (Lipinski definition) is 3. The fourth-order valence-corrected chi connectivity index (χ4v) is 4.90. The van der Waals surface area contributed by atoms with E-state index in [9.17, 15) is 9.90 Å². The van der Waals surface area contributed by atoms with E-state index in [1.165, 1.54) is 16.7 Å². The van der Waals surface area contributed by atoms with Crippen LogP contribution in [0.4, 0.5) is 0 Å². The van der Waals surface area contributed by atoms with Crippen molar-refractivity contribution in [1.82, 2.24) is 0 Å². The van der Waals surface area contributed by atoms with E-state index in [0.29, 0.717) is 6.61 Å². The zero-order chi connectivity index (χ0) is 24.5. The van der Waals surface area contributed by atoms with Gasteiger partial charge in [-0.3, -0.25) is 4.79 Å². The van der Waals surface area contributed by atoms with Crippen LogP contribution in [0, 0.1) is 5.92 Å². The standard InChI is InChI=1S/C30H34O4/c1-19(29(31)32)25-14-11-21-10-12-24(17-27(21)25)34-18-20-9-13-26(28(15-20)30(2,3)4)22-7-6-8-23(16-22)33-5/h6-10,12-13,15-17,19,25H,11,14,18H2,1-5H3,(H,31,32)/t19-,25-/m0/s1. The van der Waals surface area contributed by atoms with Gasteiger partial charge in [0.1, 0.15) is 18.1 Å². The van der Waals surface area contributed by atoms with Crippen molar-refractivity contribution in [1.29, 1.82) is 0 Å². The number of rotatable bonds is 7. The van der Waals surface area contributed by atoms with Crippen LogP contribution in [0.15, 0.2) is 60.7 Å². The Hall–Kier alpha value is -3.27. The monoisotopic (exact) mass is 458 g/mol. The molecule has 2 atom stereocenters. The molecule has 0 unspecified atom stereocenters. The highest BCUT2D eigenvalue weighted by Crippen LogP contribution is 2.40. The largest absolute Gasteiger partial charge is 0.497 e. The summed E-state index contributed by atoms with van der Waals surface area (Å²) in [4.78, 5) is 11.5. The molecule has 4 nitrogen and oxygen atoms in total. The van der Waals surface area contributed by atoms with Gasteiger partial charge >= 0.3 is 5.97 Å². The van der Waals surface area contributed by atoms with Gasteiger partial charge in [0.05, 0.1) is 13.0 Å². The van der Waals surface area contributed by atoms with Crippen molar-refractivity contribution in [2.24, 2.45) is 5.92 Å². The average molecular weight is 459 g/mol. The molecule has 0 saturated carbocycles. The van der Waals surface area contributed by atoms with E-state index in [2.05, 4.69) is 57.2 Å². The number of aryl methyl sites for hydroxylation is 1. The second kappa shape index (κ2) is 9.54. The van der Waals surface area contributed by atoms with Gasteiger partial charge in [-0.05, 0) is 81.8 Å². The van der Waals surface area contributed by atoms with Crippen LogP contribution in [0.1, 0.15) is 62.3 Å². The zero-order valence-corrected chi connectivity index (χ0v) is 20.7. The average Bonchev–Trinajstić information content (AvgIpc) is 3.24. The third-order valence-corrected chi connectivity index (χ3v) is 6.91. The van der Waals surface area contributed by atoms with Crippen LogP contribution in [0.2, 0.25) is 0 Å². The van der Waals surface area contributed by atoms with Gasteiger partial charge in [-0.2, -0.15) is 0 Å². The number of aliphatic carboxylic acids is 1. The Kier molecular flexibility index (Phi) is 6.70. The van der Waals surface area contributed by atoms with Gasteiger partial charge in [-0.15, -0.1) is 0 Å². The first-order valence-electron chi connectivity index (χ1n) is 11.9. The minimum absolute atomic E-state index is 0.0395.